The van der Waals surface area contributed by atoms with Crippen molar-refractivity contribution in [3.8, 4) is 0 Å². The third-order valence-corrected chi connectivity index (χ3v) is 4.68. The van der Waals surface area contributed by atoms with Crippen LogP contribution in [0.15, 0.2) is 6.07 Å². The van der Waals surface area contributed by atoms with Crippen molar-refractivity contribution >= 4 is 17.2 Å². The predicted octanol–water partition coefficient (Wildman–Crippen LogP) is 2.51. The van der Waals surface area contributed by atoms with Crippen molar-refractivity contribution in [1.82, 2.24) is 10.6 Å². The highest BCUT2D eigenvalue weighted by Gasteiger charge is 2.19. The molecule has 3 nitrogen and oxygen atoms in total. The first kappa shape index (κ1) is 13.6. The fourth-order valence-corrected chi connectivity index (χ4v) is 3.28. The van der Waals surface area contributed by atoms with Gasteiger partial charge < -0.3 is 10.6 Å². The fourth-order valence-electron chi connectivity index (χ4n) is 2.29. The van der Waals surface area contributed by atoms with E-state index in [1.165, 1.54) is 28.2 Å². The Hall–Kier alpha value is -0.870. The van der Waals surface area contributed by atoms with Gasteiger partial charge in [-0.1, -0.05) is 12.8 Å². The lowest BCUT2D eigenvalue weighted by Crippen LogP contribution is -2.43. The van der Waals surface area contributed by atoms with E-state index in [1.807, 2.05) is 0 Å². The second-order valence-electron chi connectivity index (χ2n) is 5.03. The summed E-state index contributed by atoms with van der Waals surface area (Å²) in [5, 5.41) is 6.37. The fraction of sp³-hybridized carbons (Fsp3) is 0.643. The number of hydrogen-bond acceptors (Lipinski definition) is 3. The zero-order valence-corrected chi connectivity index (χ0v) is 12.0. The average Bonchev–Trinajstić information content (AvgIpc) is 2.60. The topological polar surface area (TPSA) is 41.1 Å². The Labute approximate surface area is 113 Å². The molecule has 1 aliphatic rings. The van der Waals surface area contributed by atoms with E-state index in [9.17, 15) is 4.79 Å². The lowest BCUT2D eigenvalue weighted by Gasteiger charge is -2.15. The van der Waals surface area contributed by atoms with Gasteiger partial charge in [0.25, 0.3) is 0 Å². The van der Waals surface area contributed by atoms with E-state index in [1.54, 1.807) is 11.3 Å². The number of hydrogen-bond donors (Lipinski definition) is 2. The molecule has 18 heavy (non-hydrogen) atoms. The monoisotopic (exact) mass is 266 g/mol. The Kier molecular flexibility index (Phi) is 4.78. The molecule has 1 unspecified atom stereocenters. The Balaban J connectivity index is 1.83. The molecule has 1 amide bonds. The van der Waals surface area contributed by atoms with Gasteiger partial charge in [-0.05, 0) is 44.9 Å². The number of aryl methyl sites for hydroxylation is 2. The molecule has 0 aliphatic carbocycles. The molecule has 2 rings (SSSR count). The van der Waals surface area contributed by atoms with Crippen LogP contribution >= 0.6 is 11.3 Å². The average molecular weight is 266 g/mol. The molecule has 1 aliphatic heterocycles. The molecule has 1 saturated heterocycles. The highest BCUT2D eigenvalue weighted by molar-refractivity contribution is 7.12. The zero-order chi connectivity index (χ0) is 13.0. The Morgan fingerprint density at radius 1 is 1.44 bits per heavy atom. The summed E-state index contributed by atoms with van der Waals surface area (Å²) in [5.74, 6) is 0.153. The maximum absolute atomic E-state index is 12.0. The van der Waals surface area contributed by atoms with Gasteiger partial charge in [0, 0.05) is 9.75 Å². The summed E-state index contributed by atoms with van der Waals surface area (Å²) in [4.78, 5) is 14.6. The first-order valence-corrected chi connectivity index (χ1v) is 7.55. The van der Waals surface area contributed by atoms with Gasteiger partial charge in [-0.3, -0.25) is 4.79 Å². The van der Waals surface area contributed by atoms with Gasteiger partial charge in [-0.25, -0.2) is 0 Å². The third-order valence-electron chi connectivity index (χ3n) is 3.53. The van der Waals surface area contributed by atoms with Crippen molar-refractivity contribution in [2.45, 2.75) is 52.1 Å². The molecular formula is C14H22N2OS. The molecule has 0 saturated carbocycles. The molecule has 1 atom stereocenters. The van der Waals surface area contributed by atoms with Crippen LogP contribution in [-0.4, -0.2) is 18.5 Å². The summed E-state index contributed by atoms with van der Waals surface area (Å²) in [6, 6.07) is 2.18. The first-order valence-electron chi connectivity index (χ1n) is 6.74. The van der Waals surface area contributed by atoms with Crippen molar-refractivity contribution < 1.29 is 4.79 Å². The number of nitrogens with one attached hydrogen (secondary N) is 2. The minimum absolute atomic E-state index is 0.00894. The van der Waals surface area contributed by atoms with E-state index >= 15 is 0 Å². The molecule has 2 N–H and O–H groups in total. The van der Waals surface area contributed by atoms with E-state index in [0.717, 1.165) is 19.4 Å². The number of rotatable bonds is 3. The van der Waals surface area contributed by atoms with Crippen LogP contribution in [0.5, 0.6) is 0 Å². The van der Waals surface area contributed by atoms with Gasteiger partial charge in [0.15, 0.2) is 0 Å². The Bertz CT molecular complexity index is 386. The Morgan fingerprint density at radius 3 is 3.00 bits per heavy atom. The maximum Gasteiger partial charge on any atom is 0.237 e. The van der Waals surface area contributed by atoms with Crippen LogP contribution in [0.2, 0.25) is 0 Å². The number of amides is 1. The molecule has 2 heterocycles. The number of thiophene rings is 1. The van der Waals surface area contributed by atoms with Crippen molar-refractivity contribution in [2.24, 2.45) is 0 Å². The van der Waals surface area contributed by atoms with Crippen LogP contribution in [0, 0.1) is 13.8 Å². The lowest BCUT2D eigenvalue weighted by atomic mass is 10.1. The summed E-state index contributed by atoms with van der Waals surface area (Å²) in [7, 11) is 0. The van der Waals surface area contributed by atoms with E-state index in [2.05, 4.69) is 30.5 Å². The third kappa shape index (κ3) is 3.56. The van der Waals surface area contributed by atoms with Crippen molar-refractivity contribution in [1.29, 1.82) is 0 Å². The molecule has 1 aromatic rings. The quantitative estimate of drug-likeness (QED) is 0.882. The molecule has 0 aromatic carbocycles. The van der Waals surface area contributed by atoms with Crippen LogP contribution in [0.4, 0.5) is 0 Å². The van der Waals surface area contributed by atoms with Crippen LogP contribution < -0.4 is 10.6 Å². The Morgan fingerprint density at radius 2 is 2.28 bits per heavy atom. The highest BCUT2D eigenvalue weighted by Crippen LogP contribution is 2.20. The minimum atomic E-state index is 0.00894. The molecular weight excluding hydrogens is 244 g/mol. The van der Waals surface area contributed by atoms with Crippen LogP contribution in [0.25, 0.3) is 0 Å². The van der Waals surface area contributed by atoms with Crippen LogP contribution in [0.1, 0.15) is 41.0 Å². The highest BCUT2D eigenvalue weighted by atomic mass is 32.1. The summed E-state index contributed by atoms with van der Waals surface area (Å²) < 4.78 is 0. The summed E-state index contributed by atoms with van der Waals surface area (Å²) >= 11 is 1.77. The molecule has 4 heteroatoms. The standard InChI is InChI=1S/C14H22N2OS/c1-10-8-12(18-11(10)2)9-16-14(17)13-6-4-3-5-7-15-13/h8,13,15H,3-7,9H2,1-2H3,(H,16,17). The van der Waals surface area contributed by atoms with Gasteiger partial charge in [0.05, 0.1) is 12.6 Å². The van der Waals surface area contributed by atoms with Crippen molar-refractivity contribution in [2.75, 3.05) is 6.54 Å². The molecule has 0 bridgehead atoms. The summed E-state index contributed by atoms with van der Waals surface area (Å²) in [6.45, 7) is 5.87. The minimum Gasteiger partial charge on any atom is -0.350 e. The lowest BCUT2D eigenvalue weighted by molar-refractivity contribution is -0.123. The predicted molar refractivity (Wildman–Crippen MR) is 75.9 cm³/mol. The van der Waals surface area contributed by atoms with Gasteiger partial charge in [-0.15, -0.1) is 11.3 Å². The van der Waals surface area contributed by atoms with Gasteiger partial charge in [-0.2, -0.15) is 0 Å². The molecule has 100 valence electrons. The molecule has 1 aromatic heterocycles. The van der Waals surface area contributed by atoms with E-state index in [-0.39, 0.29) is 11.9 Å². The second kappa shape index (κ2) is 6.34. The van der Waals surface area contributed by atoms with Crippen LogP contribution in [0.3, 0.4) is 0 Å². The smallest absolute Gasteiger partial charge is 0.237 e. The molecule has 0 radical (unpaired) electrons. The first-order chi connectivity index (χ1) is 8.66. The number of carbonyl (C=O) groups excluding carboxylic acids is 1. The largest absolute Gasteiger partial charge is 0.350 e. The molecule has 0 spiro atoms. The van der Waals surface area contributed by atoms with Gasteiger partial charge >= 0.3 is 0 Å². The van der Waals surface area contributed by atoms with E-state index in [4.69, 9.17) is 0 Å². The van der Waals surface area contributed by atoms with E-state index in [0.29, 0.717) is 6.54 Å². The van der Waals surface area contributed by atoms with Crippen molar-refractivity contribution in [3.63, 3.8) is 0 Å². The SMILES string of the molecule is Cc1cc(CNC(=O)C2CCCCCN2)sc1C. The van der Waals surface area contributed by atoms with Gasteiger partial charge in [0.2, 0.25) is 5.91 Å². The van der Waals surface area contributed by atoms with Gasteiger partial charge in [0.1, 0.15) is 0 Å². The van der Waals surface area contributed by atoms with Crippen molar-refractivity contribution in [3.05, 3.63) is 21.4 Å². The maximum atomic E-state index is 12.0. The second-order valence-corrected chi connectivity index (χ2v) is 6.37. The van der Waals surface area contributed by atoms with Crippen LogP contribution in [-0.2, 0) is 11.3 Å². The summed E-state index contributed by atoms with van der Waals surface area (Å²) in [6.07, 6.45) is 4.55. The normalized spacial score (nSPS) is 20.4. The summed E-state index contributed by atoms with van der Waals surface area (Å²) in [5.41, 5.74) is 1.32. The zero-order valence-electron chi connectivity index (χ0n) is 11.2. The molecule has 1 fully saturated rings. The number of carbonyl (C=O) groups is 1. The van der Waals surface area contributed by atoms with E-state index < -0.39 is 0 Å².